The third kappa shape index (κ3) is 2.73. The minimum Gasteiger partial charge on any atom is -0.391 e. The van der Waals surface area contributed by atoms with Gasteiger partial charge in [0.25, 0.3) is 0 Å². The number of hydrogen-bond acceptors (Lipinski definition) is 5. The maximum atomic E-state index is 9.49. The average molecular weight is 296 g/mol. The van der Waals surface area contributed by atoms with Crippen molar-refractivity contribution in [2.24, 2.45) is 0 Å². The molecular formula is C13H14ClN3OS. The van der Waals surface area contributed by atoms with E-state index in [2.05, 4.69) is 31.7 Å². The summed E-state index contributed by atoms with van der Waals surface area (Å²) in [6.07, 6.45) is 3.78. The van der Waals surface area contributed by atoms with Crippen LogP contribution in [0, 0.1) is 0 Å². The molecule has 0 bridgehead atoms. The Morgan fingerprint density at radius 1 is 1.42 bits per heavy atom. The molecule has 19 heavy (non-hydrogen) atoms. The molecule has 0 aliphatic heterocycles. The molecule has 2 aromatic heterocycles. The van der Waals surface area contributed by atoms with Crippen molar-refractivity contribution in [3.63, 3.8) is 0 Å². The number of halogens is 1. The number of thiophene rings is 1. The molecule has 100 valence electrons. The van der Waals surface area contributed by atoms with Gasteiger partial charge >= 0.3 is 0 Å². The van der Waals surface area contributed by atoms with Crippen LogP contribution in [0.1, 0.15) is 24.0 Å². The molecule has 0 amide bonds. The van der Waals surface area contributed by atoms with Gasteiger partial charge in [-0.25, -0.2) is 9.97 Å². The van der Waals surface area contributed by atoms with Crippen molar-refractivity contribution in [1.82, 2.24) is 9.97 Å². The van der Waals surface area contributed by atoms with E-state index in [1.807, 2.05) is 0 Å². The molecule has 6 heteroatoms. The fourth-order valence-corrected chi connectivity index (χ4v) is 2.96. The lowest BCUT2D eigenvalue weighted by molar-refractivity contribution is 0.281. The van der Waals surface area contributed by atoms with E-state index in [9.17, 15) is 5.11 Å². The number of hydrogen-bond donors (Lipinski definition) is 1. The first-order chi connectivity index (χ1) is 9.29. The Kier molecular flexibility index (Phi) is 3.68. The van der Waals surface area contributed by atoms with Crippen LogP contribution in [-0.4, -0.2) is 21.1 Å². The summed E-state index contributed by atoms with van der Waals surface area (Å²) in [6, 6.07) is 2.61. The van der Waals surface area contributed by atoms with Crippen LogP contribution in [0.25, 0.3) is 0 Å². The zero-order chi connectivity index (χ0) is 13.2. The van der Waals surface area contributed by atoms with Gasteiger partial charge in [-0.2, -0.15) is 11.3 Å². The minimum atomic E-state index is -0.137. The Morgan fingerprint density at radius 3 is 2.89 bits per heavy atom. The van der Waals surface area contributed by atoms with Crippen LogP contribution < -0.4 is 4.90 Å². The summed E-state index contributed by atoms with van der Waals surface area (Å²) >= 11 is 7.73. The zero-order valence-corrected chi connectivity index (χ0v) is 11.9. The Balaban J connectivity index is 1.94. The summed E-state index contributed by atoms with van der Waals surface area (Å²) < 4.78 is 0. The molecule has 1 fully saturated rings. The highest BCUT2D eigenvalue weighted by Gasteiger charge is 2.32. The molecule has 1 aliphatic carbocycles. The van der Waals surface area contributed by atoms with Gasteiger partial charge in [0.15, 0.2) is 0 Å². The highest BCUT2D eigenvalue weighted by molar-refractivity contribution is 7.07. The first-order valence-corrected chi connectivity index (χ1v) is 7.49. The third-order valence-corrected chi connectivity index (χ3v) is 4.28. The van der Waals surface area contributed by atoms with Crippen LogP contribution in [0.3, 0.4) is 0 Å². The standard InChI is InChI=1S/C13H14ClN3OS/c14-12-11(6-18)13(16-8-15-12)17(10-1-2-10)5-9-3-4-19-7-9/h3-4,7-8,10,18H,1-2,5-6H2. The van der Waals surface area contributed by atoms with Crippen LogP contribution in [0.4, 0.5) is 5.82 Å². The quantitative estimate of drug-likeness (QED) is 0.862. The first-order valence-electron chi connectivity index (χ1n) is 6.17. The normalized spacial score (nSPS) is 14.6. The molecule has 0 spiro atoms. The van der Waals surface area contributed by atoms with E-state index in [1.54, 1.807) is 11.3 Å². The highest BCUT2D eigenvalue weighted by Crippen LogP contribution is 2.35. The Morgan fingerprint density at radius 2 is 2.26 bits per heavy atom. The second kappa shape index (κ2) is 5.45. The van der Waals surface area contributed by atoms with Gasteiger partial charge in [0, 0.05) is 12.6 Å². The molecule has 1 N–H and O–H groups in total. The van der Waals surface area contributed by atoms with Crippen molar-refractivity contribution in [3.05, 3.63) is 39.4 Å². The summed E-state index contributed by atoms with van der Waals surface area (Å²) in [7, 11) is 0. The number of anilines is 1. The lowest BCUT2D eigenvalue weighted by atomic mass is 10.2. The summed E-state index contributed by atoms with van der Waals surface area (Å²) in [5.41, 5.74) is 1.88. The number of nitrogens with zero attached hydrogens (tertiary/aromatic N) is 3. The van der Waals surface area contributed by atoms with Crippen LogP contribution in [0.15, 0.2) is 23.2 Å². The second-order valence-electron chi connectivity index (χ2n) is 4.62. The van der Waals surface area contributed by atoms with E-state index in [0.29, 0.717) is 16.8 Å². The maximum Gasteiger partial charge on any atom is 0.140 e. The molecule has 1 aliphatic rings. The van der Waals surface area contributed by atoms with Gasteiger partial charge in [0.2, 0.25) is 0 Å². The van der Waals surface area contributed by atoms with Crippen LogP contribution >= 0.6 is 22.9 Å². The minimum absolute atomic E-state index is 0.137. The summed E-state index contributed by atoms with van der Waals surface area (Å²) in [4.78, 5) is 10.5. The van der Waals surface area contributed by atoms with Gasteiger partial charge in [-0.1, -0.05) is 11.6 Å². The molecule has 3 rings (SSSR count). The van der Waals surface area contributed by atoms with Crippen molar-refractivity contribution in [3.8, 4) is 0 Å². The van der Waals surface area contributed by atoms with E-state index in [1.165, 1.54) is 11.9 Å². The molecular weight excluding hydrogens is 282 g/mol. The van der Waals surface area contributed by atoms with Crippen molar-refractivity contribution in [1.29, 1.82) is 0 Å². The lowest BCUT2D eigenvalue weighted by Gasteiger charge is -2.25. The first kappa shape index (κ1) is 12.8. The van der Waals surface area contributed by atoms with Gasteiger partial charge in [0.05, 0.1) is 12.2 Å². The third-order valence-electron chi connectivity index (χ3n) is 3.22. The van der Waals surface area contributed by atoms with Crippen molar-refractivity contribution in [2.75, 3.05) is 4.90 Å². The van der Waals surface area contributed by atoms with Crippen molar-refractivity contribution in [2.45, 2.75) is 32.0 Å². The van der Waals surface area contributed by atoms with E-state index >= 15 is 0 Å². The summed E-state index contributed by atoms with van der Waals surface area (Å²) in [5.74, 6) is 0.760. The Bertz CT molecular complexity index is 557. The smallest absolute Gasteiger partial charge is 0.140 e. The number of aromatic nitrogens is 2. The molecule has 0 atom stereocenters. The number of aliphatic hydroxyl groups is 1. The lowest BCUT2D eigenvalue weighted by Crippen LogP contribution is -2.27. The molecule has 4 nitrogen and oxygen atoms in total. The molecule has 1 saturated carbocycles. The topological polar surface area (TPSA) is 49.3 Å². The van der Waals surface area contributed by atoms with E-state index in [4.69, 9.17) is 11.6 Å². The molecule has 0 unspecified atom stereocenters. The maximum absolute atomic E-state index is 9.49. The van der Waals surface area contributed by atoms with E-state index in [0.717, 1.165) is 25.2 Å². The molecule has 0 radical (unpaired) electrons. The monoisotopic (exact) mass is 295 g/mol. The summed E-state index contributed by atoms with van der Waals surface area (Å²) in [5, 5.41) is 14.0. The Hall–Kier alpha value is -1.17. The fraction of sp³-hybridized carbons (Fsp3) is 0.385. The van der Waals surface area contributed by atoms with Gasteiger partial charge in [0.1, 0.15) is 17.3 Å². The van der Waals surface area contributed by atoms with E-state index in [-0.39, 0.29) is 6.61 Å². The SMILES string of the molecule is OCc1c(Cl)ncnc1N(Cc1ccsc1)C1CC1. The molecule has 0 saturated heterocycles. The predicted molar refractivity (Wildman–Crippen MR) is 76.5 cm³/mol. The molecule has 2 heterocycles. The van der Waals surface area contributed by atoms with Gasteiger partial charge in [-0.05, 0) is 35.2 Å². The summed E-state index contributed by atoms with van der Waals surface area (Å²) in [6.45, 7) is 0.663. The highest BCUT2D eigenvalue weighted by atomic mass is 35.5. The zero-order valence-electron chi connectivity index (χ0n) is 10.3. The van der Waals surface area contributed by atoms with Crippen LogP contribution in [0.2, 0.25) is 5.15 Å². The number of aliphatic hydroxyl groups excluding tert-OH is 1. The second-order valence-corrected chi connectivity index (χ2v) is 5.75. The average Bonchev–Trinajstić information content (AvgIpc) is 3.13. The Labute approximate surface area is 120 Å². The van der Waals surface area contributed by atoms with Crippen LogP contribution in [0.5, 0.6) is 0 Å². The van der Waals surface area contributed by atoms with Gasteiger partial charge in [-0.15, -0.1) is 0 Å². The van der Waals surface area contributed by atoms with Crippen molar-refractivity contribution >= 4 is 28.8 Å². The van der Waals surface area contributed by atoms with Crippen LogP contribution in [-0.2, 0) is 13.2 Å². The predicted octanol–water partition coefficient (Wildman–Crippen LogP) is 2.85. The van der Waals surface area contributed by atoms with E-state index < -0.39 is 0 Å². The number of rotatable bonds is 5. The largest absolute Gasteiger partial charge is 0.391 e. The van der Waals surface area contributed by atoms with Gasteiger partial charge in [-0.3, -0.25) is 0 Å². The molecule has 0 aromatic carbocycles. The molecule has 2 aromatic rings. The van der Waals surface area contributed by atoms with Gasteiger partial charge < -0.3 is 10.0 Å². The fourth-order valence-electron chi connectivity index (χ4n) is 2.11. The van der Waals surface area contributed by atoms with Crippen molar-refractivity contribution < 1.29 is 5.11 Å².